The van der Waals surface area contributed by atoms with Crippen molar-refractivity contribution in [3.8, 4) is 0 Å². The van der Waals surface area contributed by atoms with Gasteiger partial charge in [-0.3, -0.25) is 9.59 Å². The molecule has 0 spiro atoms. The fourth-order valence-corrected chi connectivity index (χ4v) is 3.34. The first-order valence-electron chi connectivity index (χ1n) is 8.98. The molecule has 2 amide bonds. The number of hydrogen-bond donors (Lipinski definition) is 2. The number of aryl methyl sites for hydroxylation is 1. The number of hydrogen-bond acceptors (Lipinski definition) is 2. The Morgan fingerprint density at radius 1 is 1.19 bits per heavy atom. The normalized spacial score (nSPS) is 24.7. The van der Waals surface area contributed by atoms with Gasteiger partial charge in [-0.25, -0.2) is 0 Å². The molecule has 2 aliphatic rings. The average Bonchev–Trinajstić information content (AvgIpc) is 3.38. The molecule has 142 valence electrons. The second-order valence-corrected chi connectivity index (χ2v) is 7.38. The highest BCUT2D eigenvalue weighted by molar-refractivity contribution is 6.01. The molecular formula is C19H23F3N2O2. The lowest BCUT2D eigenvalue weighted by molar-refractivity contribution is -0.171. The quantitative estimate of drug-likeness (QED) is 0.783. The van der Waals surface area contributed by atoms with Gasteiger partial charge in [-0.15, -0.1) is 0 Å². The molecule has 3 atom stereocenters. The highest BCUT2D eigenvalue weighted by atomic mass is 19.4. The van der Waals surface area contributed by atoms with E-state index in [-0.39, 0.29) is 18.9 Å². The number of carbonyl (C=O) groups excluding carboxylic acids is 2. The molecule has 0 bridgehead atoms. The van der Waals surface area contributed by atoms with Crippen molar-refractivity contribution in [2.75, 3.05) is 0 Å². The van der Waals surface area contributed by atoms with E-state index >= 15 is 0 Å². The standard InChI is InChI=1S/C19H23F3N2O2/c1-11-2-6-13(7-3-11)15(10-12-4-5-12)23-17(25)14-8-9-16(19(20,21)22)24-18(14)26/h2-3,6-7,12,14-16H,4-5,8-10H2,1H3,(H,23,25)(H,24,26). The lowest BCUT2D eigenvalue weighted by atomic mass is 9.91. The summed E-state index contributed by atoms with van der Waals surface area (Å²) in [6.07, 6.45) is -1.82. The zero-order chi connectivity index (χ0) is 18.9. The van der Waals surface area contributed by atoms with Crippen molar-refractivity contribution < 1.29 is 22.8 Å². The zero-order valence-electron chi connectivity index (χ0n) is 14.6. The van der Waals surface area contributed by atoms with Crippen molar-refractivity contribution in [3.63, 3.8) is 0 Å². The van der Waals surface area contributed by atoms with E-state index in [0.29, 0.717) is 5.92 Å². The van der Waals surface area contributed by atoms with Gasteiger partial charge in [-0.2, -0.15) is 13.2 Å². The summed E-state index contributed by atoms with van der Waals surface area (Å²) in [6.45, 7) is 1.97. The van der Waals surface area contributed by atoms with Gasteiger partial charge in [-0.05, 0) is 37.7 Å². The van der Waals surface area contributed by atoms with Crippen LogP contribution >= 0.6 is 0 Å². The van der Waals surface area contributed by atoms with Crippen LogP contribution in [0.25, 0.3) is 0 Å². The van der Waals surface area contributed by atoms with E-state index in [1.165, 1.54) is 0 Å². The third-order valence-electron chi connectivity index (χ3n) is 5.15. The van der Waals surface area contributed by atoms with E-state index < -0.39 is 30.0 Å². The Morgan fingerprint density at radius 3 is 2.38 bits per heavy atom. The van der Waals surface area contributed by atoms with Crippen molar-refractivity contribution >= 4 is 11.8 Å². The fourth-order valence-electron chi connectivity index (χ4n) is 3.34. The van der Waals surface area contributed by atoms with Crippen molar-refractivity contribution in [1.29, 1.82) is 0 Å². The van der Waals surface area contributed by atoms with Gasteiger partial charge in [-0.1, -0.05) is 42.7 Å². The molecule has 2 fully saturated rings. The van der Waals surface area contributed by atoms with E-state index in [4.69, 9.17) is 0 Å². The maximum atomic E-state index is 12.7. The Morgan fingerprint density at radius 2 is 1.85 bits per heavy atom. The molecule has 1 aromatic carbocycles. The van der Waals surface area contributed by atoms with Gasteiger partial charge in [0.15, 0.2) is 0 Å². The number of nitrogens with one attached hydrogen (secondary N) is 2. The van der Waals surface area contributed by atoms with Crippen LogP contribution in [0, 0.1) is 18.8 Å². The summed E-state index contributed by atoms with van der Waals surface area (Å²) >= 11 is 0. The molecule has 26 heavy (non-hydrogen) atoms. The molecule has 1 saturated carbocycles. The van der Waals surface area contributed by atoms with Crippen molar-refractivity contribution in [2.24, 2.45) is 11.8 Å². The number of carbonyl (C=O) groups is 2. The Kier molecular flexibility index (Phi) is 5.25. The zero-order valence-corrected chi connectivity index (χ0v) is 14.6. The van der Waals surface area contributed by atoms with Crippen molar-refractivity contribution in [1.82, 2.24) is 10.6 Å². The Labute approximate surface area is 150 Å². The minimum Gasteiger partial charge on any atom is -0.349 e. The Balaban J connectivity index is 1.66. The molecule has 3 rings (SSSR count). The Bertz CT molecular complexity index is 668. The van der Waals surface area contributed by atoms with Crippen LogP contribution in [-0.2, 0) is 9.59 Å². The molecule has 2 N–H and O–H groups in total. The molecule has 0 radical (unpaired) electrons. The van der Waals surface area contributed by atoms with Gasteiger partial charge in [0.05, 0.1) is 6.04 Å². The van der Waals surface area contributed by atoms with E-state index in [0.717, 1.165) is 30.4 Å². The molecule has 1 aliphatic heterocycles. The molecule has 0 aromatic heterocycles. The van der Waals surface area contributed by atoms with Crippen LogP contribution in [0.15, 0.2) is 24.3 Å². The average molecular weight is 368 g/mol. The first-order valence-corrected chi connectivity index (χ1v) is 8.98. The first kappa shape index (κ1) is 18.7. The summed E-state index contributed by atoms with van der Waals surface area (Å²) in [5.74, 6) is -1.85. The van der Waals surface area contributed by atoms with E-state index in [1.54, 1.807) is 0 Å². The second kappa shape index (κ2) is 7.29. The summed E-state index contributed by atoms with van der Waals surface area (Å²) in [7, 11) is 0. The van der Waals surface area contributed by atoms with Crippen LogP contribution < -0.4 is 10.6 Å². The number of alkyl halides is 3. The third kappa shape index (κ3) is 4.56. The van der Waals surface area contributed by atoms with Crippen LogP contribution in [0.5, 0.6) is 0 Å². The number of amides is 2. The largest absolute Gasteiger partial charge is 0.408 e. The van der Waals surface area contributed by atoms with Gasteiger partial charge in [0, 0.05) is 0 Å². The minimum absolute atomic E-state index is 0.0914. The number of piperidine rings is 1. The van der Waals surface area contributed by atoms with Gasteiger partial charge < -0.3 is 10.6 Å². The second-order valence-electron chi connectivity index (χ2n) is 7.38. The maximum Gasteiger partial charge on any atom is 0.408 e. The third-order valence-corrected chi connectivity index (χ3v) is 5.15. The highest BCUT2D eigenvalue weighted by Gasteiger charge is 2.46. The topological polar surface area (TPSA) is 58.2 Å². The summed E-state index contributed by atoms with van der Waals surface area (Å²) < 4.78 is 38.2. The van der Waals surface area contributed by atoms with Crippen molar-refractivity contribution in [3.05, 3.63) is 35.4 Å². The van der Waals surface area contributed by atoms with Gasteiger partial charge >= 0.3 is 6.18 Å². The molecule has 1 heterocycles. The van der Waals surface area contributed by atoms with E-state index in [1.807, 2.05) is 36.5 Å². The number of benzene rings is 1. The highest BCUT2D eigenvalue weighted by Crippen LogP contribution is 2.38. The van der Waals surface area contributed by atoms with Gasteiger partial charge in [0.2, 0.25) is 11.8 Å². The lowest BCUT2D eigenvalue weighted by Gasteiger charge is -2.31. The number of rotatable bonds is 5. The van der Waals surface area contributed by atoms with E-state index in [9.17, 15) is 22.8 Å². The predicted molar refractivity (Wildman–Crippen MR) is 90.1 cm³/mol. The molecule has 1 aliphatic carbocycles. The van der Waals surface area contributed by atoms with Crippen LogP contribution in [-0.4, -0.2) is 24.0 Å². The Hall–Kier alpha value is -2.05. The van der Waals surface area contributed by atoms with Crippen LogP contribution in [0.4, 0.5) is 13.2 Å². The SMILES string of the molecule is Cc1ccc(C(CC2CC2)NC(=O)C2CCC(C(F)(F)F)NC2=O)cc1. The van der Waals surface area contributed by atoms with Crippen LogP contribution in [0.1, 0.15) is 49.3 Å². The lowest BCUT2D eigenvalue weighted by Crippen LogP contribution is -2.54. The molecule has 7 heteroatoms. The molecule has 3 unspecified atom stereocenters. The van der Waals surface area contributed by atoms with Gasteiger partial charge in [0.1, 0.15) is 12.0 Å². The van der Waals surface area contributed by atoms with Crippen LogP contribution in [0.2, 0.25) is 0 Å². The fraction of sp³-hybridized carbons (Fsp3) is 0.579. The van der Waals surface area contributed by atoms with Crippen molar-refractivity contribution in [2.45, 2.75) is 57.3 Å². The van der Waals surface area contributed by atoms with Gasteiger partial charge in [0.25, 0.3) is 0 Å². The summed E-state index contributed by atoms with van der Waals surface area (Å²) in [5, 5.41) is 4.83. The molecule has 4 nitrogen and oxygen atoms in total. The smallest absolute Gasteiger partial charge is 0.349 e. The molecule has 1 aromatic rings. The molecular weight excluding hydrogens is 345 g/mol. The summed E-state index contributed by atoms with van der Waals surface area (Å²) in [6, 6.07) is 5.74. The van der Waals surface area contributed by atoms with Crippen LogP contribution in [0.3, 0.4) is 0 Å². The summed E-state index contributed by atoms with van der Waals surface area (Å²) in [4.78, 5) is 24.6. The molecule has 1 saturated heterocycles. The van der Waals surface area contributed by atoms with E-state index in [2.05, 4.69) is 5.32 Å². The maximum absolute atomic E-state index is 12.7. The summed E-state index contributed by atoms with van der Waals surface area (Å²) in [5.41, 5.74) is 2.07. The number of halogens is 3. The monoisotopic (exact) mass is 368 g/mol. The first-order chi connectivity index (χ1) is 12.2. The minimum atomic E-state index is -4.48. The predicted octanol–water partition coefficient (Wildman–Crippen LogP) is 3.41.